The van der Waals surface area contributed by atoms with Crippen molar-refractivity contribution in [3.05, 3.63) is 51.5 Å². The molecule has 11 heteroatoms. The molecule has 1 amide bonds. The fourth-order valence-corrected chi connectivity index (χ4v) is 5.69. The van der Waals surface area contributed by atoms with Gasteiger partial charge < -0.3 is 14.4 Å². The molecular weight excluding hydrogens is 504 g/mol. The topological polar surface area (TPSA) is 119 Å². The second-order valence-electron chi connectivity index (χ2n) is 7.24. The van der Waals surface area contributed by atoms with E-state index in [0.717, 1.165) is 0 Å². The van der Waals surface area contributed by atoms with Gasteiger partial charge in [-0.1, -0.05) is 15.9 Å². The molecule has 1 N–H and O–H groups in total. The van der Waals surface area contributed by atoms with Crippen molar-refractivity contribution in [1.29, 1.82) is 0 Å². The van der Waals surface area contributed by atoms with E-state index in [2.05, 4.69) is 30.1 Å². The molecule has 1 atom stereocenters. The Morgan fingerprint density at radius 3 is 2.09 bits per heavy atom. The second kappa shape index (κ2) is 8.91. The molecule has 0 saturated carbocycles. The number of anilines is 2. The van der Waals surface area contributed by atoms with E-state index < -0.39 is 22.0 Å². The van der Waals surface area contributed by atoms with Gasteiger partial charge in [0.15, 0.2) is 0 Å². The Hall–Kier alpha value is -2.92. The molecule has 0 saturated heterocycles. The lowest BCUT2D eigenvalue weighted by Gasteiger charge is -2.23. The monoisotopic (exact) mass is 524 g/mol. The number of halogens is 1. The third-order valence-corrected chi connectivity index (χ3v) is 6.82. The van der Waals surface area contributed by atoms with Crippen LogP contribution < -0.4 is 9.62 Å². The first-order valence-electron chi connectivity index (χ1n) is 9.45. The number of amides is 1. The zero-order valence-electron chi connectivity index (χ0n) is 17.8. The normalized spacial score (nSPS) is 15.2. The van der Waals surface area contributed by atoms with Gasteiger partial charge >= 0.3 is 11.9 Å². The lowest BCUT2D eigenvalue weighted by molar-refractivity contribution is -0.116. The largest absolute Gasteiger partial charge is 0.465 e. The number of esters is 2. The van der Waals surface area contributed by atoms with Crippen LogP contribution in [0.3, 0.4) is 0 Å². The number of rotatable bonds is 5. The number of benzene rings is 2. The van der Waals surface area contributed by atoms with Crippen molar-refractivity contribution in [2.45, 2.75) is 31.2 Å². The molecule has 0 aliphatic carbocycles. The van der Waals surface area contributed by atoms with E-state index in [4.69, 9.17) is 0 Å². The average molecular weight is 525 g/mol. The summed E-state index contributed by atoms with van der Waals surface area (Å²) in [4.78, 5) is 37.6. The van der Waals surface area contributed by atoms with E-state index in [-0.39, 0.29) is 33.7 Å². The van der Waals surface area contributed by atoms with Gasteiger partial charge in [-0.15, -0.1) is 0 Å². The van der Waals surface area contributed by atoms with Gasteiger partial charge in [0.2, 0.25) is 5.91 Å². The molecule has 2 aromatic carbocycles. The molecule has 9 nitrogen and oxygen atoms in total. The molecule has 170 valence electrons. The van der Waals surface area contributed by atoms with Crippen LogP contribution in [0.1, 0.15) is 40.1 Å². The van der Waals surface area contributed by atoms with E-state index in [1.165, 1.54) is 50.3 Å². The molecule has 1 aliphatic rings. The van der Waals surface area contributed by atoms with E-state index in [0.29, 0.717) is 22.1 Å². The predicted octanol–water partition coefficient (Wildman–Crippen LogP) is 3.12. The maximum Gasteiger partial charge on any atom is 0.337 e. The molecule has 1 heterocycles. The van der Waals surface area contributed by atoms with Gasteiger partial charge in [0, 0.05) is 17.4 Å². The maximum atomic E-state index is 13.4. The van der Waals surface area contributed by atoms with Crippen LogP contribution >= 0.6 is 15.9 Å². The Morgan fingerprint density at radius 1 is 1.03 bits per heavy atom. The van der Waals surface area contributed by atoms with E-state index in [1.54, 1.807) is 6.07 Å². The quantitative estimate of drug-likeness (QED) is 0.596. The SMILES string of the molecule is COC(=O)c1cc(NS(=O)(=O)c2cc(Br)cc3c2N(C(C)=O)C(C)C3)cc(C(=O)OC)c1. The molecular formula is C21H21BrN2O7S. The highest BCUT2D eigenvalue weighted by molar-refractivity contribution is 9.10. The first-order valence-corrected chi connectivity index (χ1v) is 11.7. The van der Waals surface area contributed by atoms with Gasteiger partial charge in [0.05, 0.1) is 36.7 Å². The summed E-state index contributed by atoms with van der Waals surface area (Å²) in [5.41, 5.74) is 0.902. The molecule has 0 aromatic heterocycles. The standard InChI is InChI=1S/C21H21BrN2O7S/c1-11-5-13-7-16(22)10-18(19(13)24(11)12(2)25)32(28,29)23-17-8-14(20(26)30-3)6-15(9-17)21(27)31-4/h6-11,23H,5H2,1-4H3. The lowest BCUT2D eigenvalue weighted by atomic mass is 10.1. The van der Waals surface area contributed by atoms with Crippen molar-refractivity contribution in [3.8, 4) is 0 Å². The summed E-state index contributed by atoms with van der Waals surface area (Å²) < 4.78 is 39.1. The van der Waals surface area contributed by atoms with Crippen molar-refractivity contribution in [1.82, 2.24) is 0 Å². The first kappa shape index (κ1) is 23.7. The maximum absolute atomic E-state index is 13.4. The average Bonchev–Trinajstić information content (AvgIpc) is 3.06. The van der Waals surface area contributed by atoms with E-state index in [9.17, 15) is 22.8 Å². The fraction of sp³-hybridized carbons (Fsp3) is 0.286. The Labute approximate surface area is 193 Å². The van der Waals surface area contributed by atoms with Crippen LogP contribution in [0.15, 0.2) is 39.7 Å². The van der Waals surface area contributed by atoms with Crippen LogP contribution in [0, 0.1) is 0 Å². The van der Waals surface area contributed by atoms with Crippen molar-refractivity contribution >= 4 is 55.2 Å². The zero-order chi connectivity index (χ0) is 23.8. The molecule has 0 bridgehead atoms. The van der Waals surface area contributed by atoms with Gasteiger partial charge in [-0.05, 0) is 49.2 Å². The van der Waals surface area contributed by atoms with Crippen LogP contribution in [-0.2, 0) is 30.7 Å². The van der Waals surface area contributed by atoms with Crippen molar-refractivity contribution in [3.63, 3.8) is 0 Å². The van der Waals surface area contributed by atoms with Gasteiger partial charge in [-0.3, -0.25) is 9.52 Å². The van der Waals surface area contributed by atoms with Crippen LogP contribution in [0.4, 0.5) is 11.4 Å². The lowest BCUT2D eigenvalue weighted by Crippen LogP contribution is -2.34. The molecule has 2 aromatic rings. The number of carbonyl (C=O) groups excluding carboxylic acids is 3. The minimum absolute atomic E-state index is 0.0356. The summed E-state index contributed by atoms with van der Waals surface area (Å²) in [7, 11) is -1.90. The first-order chi connectivity index (χ1) is 15.0. The number of sulfonamides is 1. The Kier molecular flexibility index (Phi) is 6.61. The highest BCUT2D eigenvalue weighted by atomic mass is 79.9. The highest BCUT2D eigenvalue weighted by Crippen LogP contribution is 2.40. The van der Waals surface area contributed by atoms with Crippen LogP contribution in [0.5, 0.6) is 0 Å². The van der Waals surface area contributed by atoms with E-state index >= 15 is 0 Å². The van der Waals surface area contributed by atoms with Crippen molar-refractivity contribution < 1.29 is 32.3 Å². The molecule has 0 spiro atoms. The number of nitrogens with one attached hydrogen (secondary N) is 1. The summed E-state index contributed by atoms with van der Waals surface area (Å²) in [6.45, 7) is 3.21. The van der Waals surface area contributed by atoms with E-state index in [1.807, 2.05) is 6.92 Å². The Bertz CT molecular complexity index is 1190. The smallest absolute Gasteiger partial charge is 0.337 e. The van der Waals surface area contributed by atoms with Gasteiger partial charge in [0.1, 0.15) is 4.90 Å². The number of fused-ring (bicyclic) bond motifs is 1. The third-order valence-electron chi connectivity index (χ3n) is 4.97. The number of hydrogen-bond acceptors (Lipinski definition) is 7. The molecule has 1 unspecified atom stereocenters. The number of nitrogens with zero attached hydrogens (tertiary/aromatic N) is 1. The summed E-state index contributed by atoms with van der Waals surface area (Å²) in [5, 5.41) is 0. The predicted molar refractivity (Wildman–Crippen MR) is 120 cm³/mol. The van der Waals surface area contributed by atoms with Gasteiger partial charge in [0.25, 0.3) is 10.0 Å². The minimum Gasteiger partial charge on any atom is -0.465 e. The fourth-order valence-electron chi connectivity index (χ4n) is 3.73. The molecule has 0 radical (unpaired) electrons. The molecule has 3 rings (SSSR count). The second-order valence-corrected chi connectivity index (χ2v) is 9.81. The third kappa shape index (κ3) is 4.49. The summed E-state index contributed by atoms with van der Waals surface area (Å²) in [5.74, 6) is -1.79. The minimum atomic E-state index is -4.23. The van der Waals surface area contributed by atoms with Gasteiger partial charge in [-0.2, -0.15) is 0 Å². The highest BCUT2D eigenvalue weighted by Gasteiger charge is 2.35. The number of methoxy groups -OCH3 is 2. The number of ether oxygens (including phenoxy) is 2. The molecule has 1 aliphatic heterocycles. The molecule has 32 heavy (non-hydrogen) atoms. The number of carbonyl (C=O) groups is 3. The Balaban J connectivity index is 2.13. The van der Waals surface area contributed by atoms with Crippen molar-refractivity contribution in [2.75, 3.05) is 23.8 Å². The van der Waals surface area contributed by atoms with Crippen molar-refractivity contribution in [2.24, 2.45) is 0 Å². The summed E-state index contributed by atoms with van der Waals surface area (Å²) in [6.07, 6.45) is 0.501. The van der Waals surface area contributed by atoms with Crippen LogP contribution in [-0.4, -0.2) is 46.5 Å². The van der Waals surface area contributed by atoms with Crippen LogP contribution in [0.2, 0.25) is 0 Å². The van der Waals surface area contributed by atoms with Crippen LogP contribution in [0.25, 0.3) is 0 Å². The molecule has 0 fully saturated rings. The zero-order valence-corrected chi connectivity index (χ0v) is 20.2. The summed E-state index contributed by atoms with van der Waals surface area (Å²) >= 11 is 3.33. The Morgan fingerprint density at radius 2 is 1.59 bits per heavy atom. The van der Waals surface area contributed by atoms with Gasteiger partial charge in [-0.25, -0.2) is 18.0 Å². The summed E-state index contributed by atoms with van der Waals surface area (Å²) in [6, 6.07) is 6.71. The number of hydrogen-bond donors (Lipinski definition) is 1.